The number of halogens is 2. The van der Waals surface area contributed by atoms with Gasteiger partial charge in [0.15, 0.2) is 0 Å². The van der Waals surface area contributed by atoms with Gasteiger partial charge in [0, 0.05) is 30.0 Å². The predicted octanol–water partition coefficient (Wildman–Crippen LogP) is 3.64. The highest BCUT2D eigenvalue weighted by Crippen LogP contribution is 2.35. The van der Waals surface area contributed by atoms with Crippen molar-refractivity contribution in [3.8, 4) is 0 Å². The van der Waals surface area contributed by atoms with Gasteiger partial charge in [0.2, 0.25) is 11.8 Å². The van der Waals surface area contributed by atoms with E-state index in [-0.39, 0.29) is 17.7 Å². The van der Waals surface area contributed by atoms with E-state index >= 15 is 0 Å². The number of benzene rings is 1. The van der Waals surface area contributed by atoms with Gasteiger partial charge in [-0.15, -0.1) is 11.8 Å². The Hall–Kier alpha value is -1.70. The summed E-state index contributed by atoms with van der Waals surface area (Å²) >= 11 is 14.0. The SMILES string of the molecule is COC(=O)C(C)NC(=O)C1CCN(C(=O)/C=C/c2ccc(SC)c(Cl)c2Cl)CC1. The number of carbonyl (C=O) groups excluding carboxylic acids is 3. The van der Waals surface area contributed by atoms with Crippen LogP contribution in [0.25, 0.3) is 6.08 Å². The molecular formula is C20H24Cl2N2O4S. The summed E-state index contributed by atoms with van der Waals surface area (Å²) in [7, 11) is 1.28. The second-order valence-corrected chi connectivity index (χ2v) is 8.28. The van der Waals surface area contributed by atoms with Crippen molar-refractivity contribution >= 4 is 58.8 Å². The van der Waals surface area contributed by atoms with E-state index in [1.165, 1.54) is 24.9 Å². The first-order valence-corrected chi connectivity index (χ1v) is 11.1. The van der Waals surface area contributed by atoms with Crippen LogP contribution in [0.15, 0.2) is 23.1 Å². The fraction of sp³-hybridized carbons (Fsp3) is 0.450. The molecule has 1 aromatic rings. The van der Waals surface area contributed by atoms with Gasteiger partial charge in [0.25, 0.3) is 0 Å². The molecule has 1 atom stereocenters. The van der Waals surface area contributed by atoms with Crippen molar-refractivity contribution in [1.82, 2.24) is 10.2 Å². The zero-order chi connectivity index (χ0) is 21.6. The Morgan fingerprint density at radius 1 is 1.24 bits per heavy atom. The summed E-state index contributed by atoms with van der Waals surface area (Å²) in [5.74, 6) is -1.06. The number of likely N-dealkylation sites (tertiary alicyclic amines) is 1. The summed E-state index contributed by atoms with van der Waals surface area (Å²) in [6, 6.07) is 3.00. The van der Waals surface area contributed by atoms with Crippen LogP contribution in [0.3, 0.4) is 0 Å². The highest BCUT2D eigenvalue weighted by atomic mass is 35.5. The Morgan fingerprint density at radius 3 is 2.48 bits per heavy atom. The number of ether oxygens (including phenoxy) is 1. The first kappa shape index (κ1) is 23.6. The minimum absolute atomic E-state index is 0.145. The summed E-state index contributed by atoms with van der Waals surface area (Å²) < 4.78 is 4.61. The third-order valence-electron chi connectivity index (χ3n) is 4.79. The van der Waals surface area contributed by atoms with Crippen LogP contribution >= 0.6 is 35.0 Å². The fourth-order valence-electron chi connectivity index (χ4n) is 3.03. The molecule has 0 aliphatic carbocycles. The molecule has 1 N–H and O–H groups in total. The average Bonchev–Trinajstić information content (AvgIpc) is 2.73. The van der Waals surface area contributed by atoms with E-state index in [1.54, 1.807) is 17.9 Å². The number of nitrogens with one attached hydrogen (secondary N) is 1. The van der Waals surface area contributed by atoms with Crippen LogP contribution in [0, 0.1) is 5.92 Å². The largest absolute Gasteiger partial charge is 0.467 e. The van der Waals surface area contributed by atoms with E-state index in [4.69, 9.17) is 23.2 Å². The molecule has 1 unspecified atom stereocenters. The molecule has 1 fully saturated rings. The number of thioether (sulfide) groups is 1. The van der Waals surface area contributed by atoms with Crippen LogP contribution < -0.4 is 5.32 Å². The third kappa shape index (κ3) is 6.14. The lowest BCUT2D eigenvalue weighted by atomic mass is 9.95. The standard InChI is InChI=1S/C20H24Cl2N2O4S/c1-12(20(27)28-2)23-19(26)14-8-10-24(11-9-14)16(25)7-5-13-4-6-15(29-3)18(22)17(13)21/h4-7,12,14H,8-11H2,1-3H3,(H,23,26)/b7-5+. The maximum Gasteiger partial charge on any atom is 0.328 e. The number of amides is 2. The quantitative estimate of drug-likeness (QED) is 0.400. The van der Waals surface area contributed by atoms with Gasteiger partial charge in [-0.1, -0.05) is 29.3 Å². The Labute approximate surface area is 184 Å². The fourth-order valence-corrected chi connectivity index (χ4v) is 4.20. The van der Waals surface area contributed by atoms with Crippen molar-refractivity contribution < 1.29 is 19.1 Å². The van der Waals surface area contributed by atoms with E-state index in [2.05, 4.69) is 10.1 Å². The smallest absolute Gasteiger partial charge is 0.328 e. The Morgan fingerprint density at radius 2 is 1.90 bits per heavy atom. The summed E-state index contributed by atoms with van der Waals surface area (Å²) in [5, 5.41) is 3.54. The summed E-state index contributed by atoms with van der Waals surface area (Å²) in [5.41, 5.74) is 0.675. The van der Waals surface area contributed by atoms with Gasteiger partial charge in [0.1, 0.15) is 6.04 Å². The van der Waals surface area contributed by atoms with Crippen molar-refractivity contribution in [3.05, 3.63) is 33.8 Å². The van der Waals surface area contributed by atoms with Crippen molar-refractivity contribution in [2.24, 2.45) is 5.92 Å². The monoisotopic (exact) mass is 458 g/mol. The lowest BCUT2D eigenvalue weighted by Crippen LogP contribution is -2.46. The van der Waals surface area contributed by atoms with Gasteiger partial charge in [-0.2, -0.15) is 0 Å². The summed E-state index contributed by atoms with van der Waals surface area (Å²) in [4.78, 5) is 38.7. The second-order valence-electron chi connectivity index (χ2n) is 6.67. The number of nitrogens with zero attached hydrogens (tertiary/aromatic N) is 1. The first-order chi connectivity index (χ1) is 13.8. The molecule has 0 bridgehead atoms. The van der Waals surface area contributed by atoms with E-state index in [0.29, 0.717) is 41.5 Å². The van der Waals surface area contributed by atoms with Gasteiger partial charge in [0.05, 0.1) is 17.2 Å². The predicted molar refractivity (Wildman–Crippen MR) is 116 cm³/mol. The van der Waals surface area contributed by atoms with Crippen LogP contribution in [0.5, 0.6) is 0 Å². The number of methoxy groups -OCH3 is 1. The molecule has 0 saturated carbocycles. The van der Waals surface area contributed by atoms with Crippen LogP contribution in [0.2, 0.25) is 10.0 Å². The van der Waals surface area contributed by atoms with Crippen molar-refractivity contribution in [3.63, 3.8) is 0 Å². The van der Waals surface area contributed by atoms with Gasteiger partial charge in [-0.05, 0) is 43.7 Å². The van der Waals surface area contributed by atoms with E-state index in [9.17, 15) is 14.4 Å². The number of hydrogen-bond donors (Lipinski definition) is 1. The molecule has 0 spiro atoms. The highest BCUT2D eigenvalue weighted by Gasteiger charge is 2.28. The number of hydrogen-bond acceptors (Lipinski definition) is 5. The molecular weight excluding hydrogens is 435 g/mol. The number of esters is 1. The van der Waals surface area contributed by atoms with Crippen LogP contribution in [-0.4, -0.2) is 55.2 Å². The molecule has 158 valence electrons. The maximum absolute atomic E-state index is 12.5. The van der Waals surface area contributed by atoms with Crippen LogP contribution in [-0.2, 0) is 19.1 Å². The number of carbonyl (C=O) groups is 3. The molecule has 6 nitrogen and oxygen atoms in total. The number of rotatable bonds is 6. The van der Waals surface area contributed by atoms with Gasteiger partial charge in [-0.3, -0.25) is 9.59 Å². The van der Waals surface area contributed by atoms with Crippen molar-refractivity contribution in [1.29, 1.82) is 0 Å². The van der Waals surface area contributed by atoms with Crippen molar-refractivity contribution in [2.45, 2.75) is 30.7 Å². The van der Waals surface area contributed by atoms with E-state index in [0.717, 1.165) is 4.90 Å². The molecule has 2 amide bonds. The van der Waals surface area contributed by atoms with Crippen LogP contribution in [0.1, 0.15) is 25.3 Å². The molecule has 1 aliphatic rings. The zero-order valence-corrected chi connectivity index (χ0v) is 18.9. The number of piperidine rings is 1. The minimum Gasteiger partial charge on any atom is -0.467 e. The molecule has 0 aromatic heterocycles. The van der Waals surface area contributed by atoms with Crippen LogP contribution in [0.4, 0.5) is 0 Å². The molecule has 29 heavy (non-hydrogen) atoms. The van der Waals surface area contributed by atoms with E-state index in [1.807, 2.05) is 18.4 Å². The molecule has 9 heteroatoms. The molecule has 1 aromatic carbocycles. The maximum atomic E-state index is 12.5. The topological polar surface area (TPSA) is 75.7 Å². The zero-order valence-electron chi connectivity index (χ0n) is 16.5. The summed E-state index contributed by atoms with van der Waals surface area (Å²) in [6.45, 7) is 2.51. The normalized spacial score (nSPS) is 16.0. The van der Waals surface area contributed by atoms with Gasteiger partial charge in [-0.25, -0.2) is 4.79 Å². The lowest BCUT2D eigenvalue weighted by molar-refractivity contribution is -0.145. The average molecular weight is 459 g/mol. The van der Waals surface area contributed by atoms with Crippen molar-refractivity contribution in [2.75, 3.05) is 26.5 Å². The highest BCUT2D eigenvalue weighted by molar-refractivity contribution is 7.98. The lowest BCUT2D eigenvalue weighted by Gasteiger charge is -2.31. The molecule has 1 heterocycles. The minimum atomic E-state index is -0.691. The second kappa shape index (κ2) is 10.9. The Kier molecular flexibility index (Phi) is 8.86. The molecule has 1 saturated heterocycles. The Bertz CT molecular complexity index is 808. The molecule has 2 rings (SSSR count). The molecule has 0 radical (unpaired) electrons. The third-order valence-corrected chi connectivity index (χ3v) is 6.58. The van der Waals surface area contributed by atoms with Gasteiger partial charge >= 0.3 is 5.97 Å². The Balaban J connectivity index is 1.90. The first-order valence-electron chi connectivity index (χ1n) is 9.15. The molecule has 1 aliphatic heterocycles. The van der Waals surface area contributed by atoms with E-state index < -0.39 is 12.0 Å². The van der Waals surface area contributed by atoms with Gasteiger partial charge < -0.3 is 15.0 Å². The summed E-state index contributed by atoms with van der Waals surface area (Å²) in [6.07, 6.45) is 6.10.